The van der Waals surface area contributed by atoms with Gasteiger partial charge in [-0.2, -0.15) is 0 Å². The molecule has 0 radical (unpaired) electrons. The monoisotopic (exact) mass is 723 g/mol. The molecule has 0 amide bonds. The zero-order chi connectivity index (χ0) is 36.0. The first-order valence-electron chi connectivity index (χ1n) is 18.0. The van der Waals surface area contributed by atoms with E-state index in [1.165, 1.54) is 10.4 Å². The fourth-order valence-corrected chi connectivity index (χ4v) is 9.67. The molecule has 0 atom stereocenters. The van der Waals surface area contributed by atoms with E-state index in [2.05, 4.69) is 86.3 Å². The standard InChI is InChI=1S/C38H65NO10Si/c1-38(2,3)50(36-12-8-6-9-13-36,37-14-10-7-11-15-37)49-35-34-48-33-32-47-31-30-46-29-28-45-27-26-44-25-24-43-23-22-42-21-20-41-19-18-40-17-16-39(4)5/h6-15H,16-35H2,1-5H3. The van der Waals surface area contributed by atoms with Crippen molar-refractivity contribution < 1.29 is 47.1 Å². The average Bonchev–Trinajstić information content (AvgIpc) is 3.11. The van der Waals surface area contributed by atoms with Crippen LogP contribution in [0.2, 0.25) is 5.04 Å². The molecule has 2 rings (SSSR count). The van der Waals surface area contributed by atoms with E-state index in [9.17, 15) is 0 Å². The molecule has 0 bridgehead atoms. The summed E-state index contributed by atoms with van der Waals surface area (Å²) in [6.07, 6.45) is 0. The molecule has 0 aliphatic carbocycles. The van der Waals surface area contributed by atoms with E-state index < -0.39 is 8.32 Å². The summed E-state index contributed by atoms with van der Waals surface area (Å²) in [5, 5.41) is 2.49. The van der Waals surface area contributed by atoms with Gasteiger partial charge in [-0.25, -0.2) is 0 Å². The second-order valence-corrected chi connectivity index (χ2v) is 17.1. The molecule has 286 valence electrons. The van der Waals surface area contributed by atoms with Gasteiger partial charge in [0.05, 0.1) is 126 Å². The quantitative estimate of drug-likeness (QED) is 0.0803. The molecule has 0 saturated carbocycles. The molecule has 0 fully saturated rings. The Labute approximate surface area is 302 Å². The Morgan fingerprint density at radius 3 is 0.920 bits per heavy atom. The minimum absolute atomic E-state index is 0.0528. The van der Waals surface area contributed by atoms with Gasteiger partial charge in [-0.1, -0.05) is 81.4 Å². The fourth-order valence-electron chi connectivity index (χ4n) is 5.12. The predicted molar refractivity (Wildman–Crippen MR) is 199 cm³/mol. The SMILES string of the molecule is CN(C)CCOCCOCCOCCOCCOCCOCCOCCOCCOCCO[Si](c1ccccc1)(c1ccccc1)C(C)(C)C. The largest absolute Gasteiger partial charge is 0.405 e. The summed E-state index contributed by atoms with van der Waals surface area (Å²) in [6, 6.07) is 21.3. The van der Waals surface area contributed by atoms with E-state index in [4.69, 9.17) is 47.1 Å². The lowest BCUT2D eigenvalue weighted by molar-refractivity contribution is -0.0255. The van der Waals surface area contributed by atoms with Gasteiger partial charge in [0.15, 0.2) is 0 Å². The Bertz CT molecular complexity index is 990. The summed E-state index contributed by atoms with van der Waals surface area (Å²) >= 11 is 0. The van der Waals surface area contributed by atoms with Gasteiger partial charge in [0.2, 0.25) is 0 Å². The zero-order valence-corrected chi connectivity index (χ0v) is 32.4. The maximum absolute atomic E-state index is 6.85. The van der Waals surface area contributed by atoms with E-state index in [0.29, 0.717) is 119 Å². The Morgan fingerprint density at radius 1 is 0.400 bits per heavy atom. The topological polar surface area (TPSA) is 95.5 Å². The highest BCUT2D eigenvalue weighted by Gasteiger charge is 2.50. The van der Waals surface area contributed by atoms with Crippen LogP contribution >= 0.6 is 0 Å². The normalized spacial score (nSPS) is 12.3. The summed E-state index contributed by atoms with van der Waals surface area (Å²) in [6.45, 7) is 18.0. The number of nitrogens with zero attached hydrogens (tertiary/aromatic N) is 1. The molecule has 0 aliphatic heterocycles. The molecule has 0 unspecified atom stereocenters. The highest BCUT2D eigenvalue weighted by atomic mass is 28.4. The maximum atomic E-state index is 6.85. The summed E-state index contributed by atoms with van der Waals surface area (Å²) < 4.78 is 56.9. The molecule has 0 heterocycles. The Hall–Kier alpha value is -1.78. The average molecular weight is 724 g/mol. The number of hydrogen-bond donors (Lipinski definition) is 0. The van der Waals surface area contributed by atoms with Crippen molar-refractivity contribution in [3.05, 3.63) is 60.7 Å². The second kappa shape index (κ2) is 28.8. The Morgan fingerprint density at radius 2 is 0.660 bits per heavy atom. The molecule has 2 aromatic rings. The van der Waals surface area contributed by atoms with E-state index in [1.54, 1.807) is 0 Å². The molecule has 0 saturated heterocycles. The first-order valence-corrected chi connectivity index (χ1v) is 19.9. The summed E-state index contributed by atoms with van der Waals surface area (Å²) in [5.41, 5.74) is 0. The van der Waals surface area contributed by atoms with Crippen LogP contribution in [0.1, 0.15) is 20.8 Å². The van der Waals surface area contributed by atoms with Crippen molar-refractivity contribution in [3.8, 4) is 0 Å². The summed E-state index contributed by atoms with van der Waals surface area (Å²) in [5.74, 6) is 0. The van der Waals surface area contributed by atoms with Gasteiger partial charge < -0.3 is 52.0 Å². The number of rotatable bonds is 33. The molecule has 11 nitrogen and oxygen atoms in total. The third-order valence-electron chi connectivity index (χ3n) is 7.62. The molecule has 0 spiro atoms. The van der Waals surface area contributed by atoms with Crippen LogP contribution in [0.25, 0.3) is 0 Å². The van der Waals surface area contributed by atoms with Crippen molar-refractivity contribution >= 4 is 18.7 Å². The van der Waals surface area contributed by atoms with Crippen LogP contribution in [-0.4, -0.2) is 159 Å². The van der Waals surface area contributed by atoms with Gasteiger partial charge in [0.1, 0.15) is 0 Å². The first-order chi connectivity index (χ1) is 24.4. The van der Waals surface area contributed by atoms with Crippen LogP contribution in [0, 0.1) is 0 Å². The van der Waals surface area contributed by atoms with Gasteiger partial charge in [-0.3, -0.25) is 0 Å². The lowest BCUT2D eigenvalue weighted by Crippen LogP contribution is -2.66. The molecule has 50 heavy (non-hydrogen) atoms. The van der Waals surface area contributed by atoms with Crippen molar-refractivity contribution in [3.63, 3.8) is 0 Å². The van der Waals surface area contributed by atoms with Crippen molar-refractivity contribution in [1.82, 2.24) is 4.90 Å². The summed E-state index contributed by atoms with van der Waals surface area (Å²) in [4.78, 5) is 2.09. The highest BCUT2D eigenvalue weighted by molar-refractivity contribution is 6.99. The predicted octanol–water partition coefficient (Wildman–Crippen LogP) is 3.27. The lowest BCUT2D eigenvalue weighted by Gasteiger charge is -2.43. The van der Waals surface area contributed by atoms with Gasteiger partial charge in [-0.05, 0) is 29.5 Å². The van der Waals surface area contributed by atoms with Crippen molar-refractivity contribution in [2.75, 3.05) is 146 Å². The van der Waals surface area contributed by atoms with Crippen LogP contribution < -0.4 is 10.4 Å². The molecule has 2 aromatic carbocycles. The van der Waals surface area contributed by atoms with Crippen molar-refractivity contribution in [2.45, 2.75) is 25.8 Å². The highest BCUT2D eigenvalue weighted by Crippen LogP contribution is 2.36. The molecule has 0 N–H and O–H groups in total. The Kier molecular flexibility index (Phi) is 25.5. The Balaban J connectivity index is 1.35. The molecule has 0 aromatic heterocycles. The lowest BCUT2D eigenvalue weighted by atomic mass is 10.2. The molecular weight excluding hydrogens is 659 g/mol. The van der Waals surface area contributed by atoms with Crippen LogP contribution in [0.5, 0.6) is 0 Å². The van der Waals surface area contributed by atoms with Crippen molar-refractivity contribution in [1.29, 1.82) is 0 Å². The number of hydrogen-bond acceptors (Lipinski definition) is 11. The number of ether oxygens (including phenoxy) is 9. The zero-order valence-electron chi connectivity index (χ0n) is 31.4. The third kappa shape index (κ3) is 19.7. The van der Waals surface area contributed by atoms with Gasteiger partial charge in [0, 0.05) is 6.54 Å². The summed E-state index contributed by atoms with van der Waals surface area (Å²) in [7, 11) is 1.51. The van der Waals surface area contributed by atoms with Crippen LogP contribution in [-0.2, 0) is 47.1 Å². The number of benzene rings is 2. The minimum atomic E-state index is -2.53. The van der Waals surface area contributed by atoms with Gasteiger partial charge in [-0.15, -0.1) is 0 Å². The van der Waals surface area contributed by atoms with Crippen LogP contribution in [0.4, 0.5) is 0 Å². The minimum Gasteiger partial charge on any atom is -0.405 e. The molecule has 12 heteroatoms. The van der Waals surface area contributed by atoms with Crippen molar-refractivity contribution in [2.24, 2.45) is 0 Å². The molecular formula is C38H65NO10Si. The van der Waals surface area contributed by atoms with E-state index in [-0.39, 0.29) is 5.04 Å². The van der Waals surface area contributed by atoms with Crippen LogP contribution in [0.15, 0.2) is 60.7 Å². The molecule has 0 aliphatic rings. The van der Waals surface area contributed by atoms with E-state index >= 15 is 0 Å². The third-order valence-corrected chi connectivity index (χ3v) is 12.7. The van der Waals surface area contributed by atoms with E-state index in [1.807, 2.05) is 14.1 Å². The first kappa shape index (κ1) is 44.4. The van der Waals surface area contributed by atoms with Gasteiger partial charge >= 0.3 is 0 Å². The van der Waals surface area contributed by atoms with Crippen LogP contribution in [0.3, 0.4) is 0 Å². The smallest absolute Gasteiger partial charge is 0.261 e. The maximum Gasteiger partial charge on any atom is 0.261 e. The van der Waals surface area contributed by atoms with Gasteiger partial charge in [0.25, 0.3) is 8.32 Å². The number of likely N-dealkylation sites (N-methyl/N-ethyl adjacent to an activating group) is 1. The second-order valence-electron chi connectivity index (χ2n) is 12.8. The fraction of sp³-hybridized carbons (Fsp3) is 0.684. The van der Waals surface area contributed by atoms with E-state index in [0.717, 1.165) is 13.2 Å².